The van der Waals surface area contributed by atoms with Crippen molar-refractivity contribution in [3.05, 3.63) is 23.3 Å². The van der Waals surface area contributed by atoms with Gasteiger partial charge >= 0.3 is 6.03 Å². The molecule has 0 aliphatic carbocycles. The van der Waals surface area contributed by atoms with E-state index < -0.39 is 10.0 Å². The third-order valence-electron chi connectivity index (χ3n) is 5.67. The molecular formula is C20H28N4O4S. The molecule has 1 aromatic rings. The summed E-state index contributed by atoms with van der Waals surface area (Å²) in [4.78, 5) is 28.2. The van der Waals surface area contributed by atoms with Gasteiger partial charge in [-0.05, 0) is 56.9 Å². The molecule has 0 radical (unpaired) electrons. The van der Waals surface area contributed by atoms with E-state index in [9.17, 15) is 18.0 Å². The van der Waals surface area contributed by atoms with Crippen LogP contribution < -0.4 is 10.2 Å². The Kier molecular flexibility index (Phi) is 4.85. The van der Waals surface area contributed by atoms with Gasteiger partial charge in [0.1, 0.15) is 0 Å². The average molecular weight is 421 g/mol. The van der Waals surface area contributed by atoms with E-state index in [1.165, 1.54) is 4.31 Å². The van der Waals surface area contributed by atoms with Crippen LogP contribution in [-0.2, 0) is 27.7 Å². The van der Waals surface area contributed by atoms with Crippen LogP contribution in [0.3, 0.4) is 0 Å². The normalized spacial score (nSPS) is 20.0. The van der Waals surface area contributed by atoms with Crippen molar-refractivity contribution in [2.45, 2.75) is 50.5 Å². The molecule has 0 saturated carbocycles. The number of hydrogen-bond donors (Lipinski definition) is 1. The molecule has 8 nitrogen and oxygen atoms in total. The van der Waals surface area contributed by atoms with E-state index in [4.69, 9.17) is 0 Å². The quantitative estimate of drug-likeness (QED) is 0.782. The van der Waals surface area contributed by atoms with Crippen LogP contribution in [0, 0.1) is 0 Å². The van der Waals surface area contributed by atoms with Crippen molar-refractivity contribution in [2.24, 2.45) is 0 Å². The summed E-state index contributed by atoms with van der Waals surface area (Å²) in [5, 5.41) is 2.92. The summed E-state index contributed by atoms with van der Waals surface area (Å²) in [7, 11) is -3.64. The number of rotatable bonds is 2. The Hall–Kier alpha value is -2.13. The molecule has 3 amide bonds. The number of anilines is 1. The monoisotopic (exact) mass is 420 g/mol. The fraction of sp³-hybridized carbons (Fsp3) is 0.600. The summed E-state index contributed by atoms with van der Waals surface area (Å²) >= 11 is 0. The minimum Gasteiger partial charge on any atom is -0.333 e. The van der Waals surface area contributed by atoms with E-state index in [-0.39, 0.29) is 30.6 Å². The predicted molar refractivity (Wildman–Crippen MR) is 109 cm³/mol. The highest BCUT2D eigenvalue weighted by atomic mass is 32.2. The molecule has 0 atom stereocenters. The topological polar surface area (TPSA) is 90.0 Å². The Labute approximate surface area is 171 Å². The highest BCUT2D eigenvalue weighted by Gasteiger charge is 2.35. The summed E-state index contributed by atoms with van der Waals surface area (Å²) in [6.07, 6.45) is 1.71. The Morgan fingerprint density at radius 1 is 0.966 bits per heavy atom. The summed E-state index contributed by atoms with van der Waals surface area (Å²) in [5.41, 5.74) is 2.48. The second kappa shape index (κ2) is 6.98. The first kappa shape index (κ1) is 20.2. The van der Waals surface area contributed by atoms with Crippen molar-refractivity contribution >= 4 is 27.6 Å². The lowest BCUT2D eigenvalue weighted by Crippen LogP contribution is -2.55. The van der Waals surface area contributed by atoms with Gasteiger partial charge in [0.25, 0.3) is 0 Å². The van der Waals surface area contributed by atoms with Crippen LogP contribution >= 0.6 is 0 Å². The molecule has 1 fully saturated rings. The van der Waals surface area contributed by atoms with Crippen LogP contribution in [0.25, 0.3) is 0 Å². The third-order valence-corrected chi connectivity index (χ3v) is 7.55. The smallest absolute Gasteiger partial charge is 0.317 e. The van der Waals surface area contributed by atoms with E-state index in [0.29, 0.717) is 43.8 Å². The first-order chi connectivity index (χ1) is 13.6. The Morgan fingerprint density at radius 2 is 1.59 bits per heavy atom. The molecule has 3 heterocycles. The molecule has 4 rings (SSSR count). The molecule has 1 aromatic carbocycles. The van der Waals surface area contributed by atoms with Crippen molar-refractivity contribution in [2.75, 3.05) is 37.6 Å². The summed E-state index contributed by atoms with van der Waals surface area (Å²) < 4.78 is 28.0. The number of nitrogens with zero attached hydrogens (tertiary/aromatic N) is 3. The number of benzene rings is 1. The number of carbonyl (C=O) groups is 2. The summed E-state index contributed by atoms with van der Waals surface area (Å²) in [6, 6.07) is 3.30. The zero-order valence-electron chi connectivity index (χ0n) is 17.2. The molecule has 0 aromatic heterocycles. The summed E-state index contributed by atoms with van der Waals surface area (Å²) in [5.74, 6) is 0.122. The number of aryl methyl sites for hydroxylation is 1. The lowest BCUT2D eigenvalue weighted by Gasteiger charge is -2.36. The molecule has 1 saturated heterocycles. The van der Waals surface area contributed by atoms with Crippen molar-refractivity contribution in [1.82, 2.24) is 14.5 Å². The molecule has 9 heteroatoms. The number of amides is 3. The summed E-state index contributed by atoms with van der Waals surface area (Å²) in [6.45, 7) is 7.66. The molecular weight excluding hydrogens is 392 g/mol. The molecule has 29 heavy (non-hydrogen) atoms. The van der Waals surface area contributed by atoms with E-state index >= 15 is 0 Å². The largest absolute Gasteiger partial charge is 0.333 e. The number of piperazine rings is 1. The lowest BCUT2D eigenvalue weighted by atomic mass is 10.00. The molecule has 158 valence electrons. The Bertz CT molecular complexity index is 959. The van der Waals surface area contributed by atoms with Gasteiger partial charge in [0.05, 0.1) is 10.6 Å². The predicted octanol–water partition coefficient (Wildman–Crippen LogP) is 1.34. The number of urea groups is 1. The van der Waals surface area contributed by atoms with Gasteiger partial charge in [0.2, 0.25) is 15.9 Å². The van der Waals surface area contributed by atoms with Gasteiger partial charge in [-0.3, -0.25) is 4.79 Å². The van der Waals surface area contributed by atoms with Crippen molar-refractivity contribution in [3.8, 4) is 0 Å². The zero-order chi connectivity index (χ0) is 21.0. The number of hydrogen-bond acceptors (Lipinski definition) is 4. The van der Waals surface area contributed by atoms with Crippen LogP contribution in [0.5, 0.6) is 0 Å². The van der Waals surface area contributed by atoms with Crippen LogP contribution in [0.2, 0.25) is 0 Å². The van der Waals surface area contributed by atoms with E-state index in [2.05, 4.69) is 5.32 Å². The van der Waals surface area contributed by atoms with Gasteiger partial charge in [-0.2, -0.15) is 4.31 Å². The highest BCUT2D eigenvalue weighted by Crippen LogP contribution is 2.39. The van der Waals surface area contributed by atoms with E-state index in [0.717, 1.165) is 16.8 Å². The van der Waals surface area contributed by atoms with E-state index in [1.807, 2.05) is 20.8 Å². The number of carbonyl (C=O) groups excluding carboxylic acids is 2. The van der Waals surface area contributed by atoms with Crippen LogP contribution in [0.4, 0.5) is 10.5 Å². The van der Waals surface area contributed by atoms with Gasteiger partial charge in [-0.25, -0.2) is 13.2 Å². The lowest BCUT2D eigenvalue weighted by molar-refractivity contribution is -0.118. The van der Waals surface area contributed by atoms with Crippen LogP contribution in [0.1, 0.15) is 38.3 Å². The molecule has 3 aliphatic heterocycles. The number of sulfonamides is 1. The van der Waals surface area contributed by atoms with Crippen molar-refractivity contribution in [1.29, 1.82) is 0 Å². The van der Waals surface area contributed by atoms with Crippen LogP contribution in [0.15, 0.2) is 17.0 Å². The second-order valence-electron chi connectivity index (χ2n) is 8.96. The second-order valence-corrected chi connectivity index (χ2v) is 10.9. The SMILES string of the molecule is CC(C)(C)NC(=O)N1CCN(S(=O)(=O)c2cc3c4c(c2)CCN4C(=O)CC3)CC1. The van der Waals surface area contributed by atoms with Gasteiger partial charge in [0.15, 0.2) is 0 Å². The highest BCUT2D eigenvalue weighted by molar-refractivity contribution is 7.89. The van der Waals surface area contributed by atoms with Gasteiger partial charge in [-0.1, -0.05) is 0 Å². The first-order valence-electron chi connectivity index (χ1n) is 10.1. The van der Waals surface area contributed by atoms with E-state index in [1.54, 1.807) is 21.9 Å². The third kappa shape index (κ3) is 3.73. The Morgan fingerprint density at radius 3 is 2.21 bits per heavy atom. The molecule has 0 unspecified atom stereocenters. The van der Waals surface area contributed by atoms with Crippen molar-refractivity contribution in [3.63, 3.8) is 0 Å². The zero-order valence-corrected chi connectivity index (χ0v) is 18.0. The standard InChI is InChI=1S/C20H28N4O4S/c1-20(2,3)21-19(26)22-8-10-23(11-9-22)29(27,28)16-12-14-4-5-17(25)24-7-6-15(13-16)18(14)24/h12-13H,4-11H2,1-3H3,(H,21,26). The fourth-order valence-electron chi connectivity index (χ4n) is 4.26. The van der Waals surface area contributed by atoms with Gasteiger partial charge in [0, 0.05) is 44.7 Å². The maximum Gasteiger partial charge on any atom is 0.317 e. The fourth-order valence-corrected chi connectivity index (χ4v) is 5.78. The maximum absolute atomic E-state index is 13.3. The van der Waals surface area contributed by atoms with Gasteiger partial charge in [-0.15, -0.1) is 0 Å². The number of nitrogens with one attached hydrogen (secondary N) is 1. The average Bonchev–Trinajstić information content (AvgIpc) is 3.09. The first-order valence-corrected chi connectivity index (χ1v) is 11.5. The molecule has 0 bridgehead atoms. The molecule has 1 N–H and O–H groups in total. The maximum atomic E-state index is 13.3. The molecule has 3 aliphatic rings. The van der Waals surface area contributed by atoms with Crippen molar-refractivity contribution < 1.29 is 18.0 Å². The van der Waals surface area contributed by atoms with Crippen LogP contribution in [-0.4, -0.2) is 67.8 Å². The molecule has 0 spiro atoms. The minimum absolute atomic E-state index is 0.122. The van der Waals surface area contributed by atoms with Gasteiger partial charge < -0.3 is 15.1 Å². The Balaban J connectivity index is 1.51. The minimum atomic E-state index is -3.64.